The van der Waals surface area contributed by atoms with E-state index in [4.69, 9.17) is 11.6 Å². The van der Waals surface area contributed by atoms with Crippen LogP contribution in [0.4, 0.5) is 0 Å². The third-order valence-electron chi connectivity index (χ3n) is 3.61. The standard InChI is InChI=1S/C17H16ClN3O/c1-11-14(15-8-12(18)5-6-16(15)21-11)9-17(22)20-10-13-4-2-3-7-19-13/h2-8,21H,9-10H2,1H3,(H,20,22). The van der Waals surface area contributed by atoms with Crippen LogP contribution in [-0.2, 0) is 17.8 Å². The predicted octanol–water partition coefficient (Wildman–Crippen LogP) is 3.38. The smallest absolute Gasteiger partial charge is 0.224 e. The first-order valence-corrected chi connectivity index (χ1v) is 7.44. The average molecular weight is 314 g/mol. The Morgan fingerprint density at radius 2 is 2.18 bits per heavy atom. The van der Waals surface area contributed by atoms with Gasteiger partial charge in [0, 0.05) is 27.8 Å². The van der Waals surface area contributed by atoms with Gasteiger partial charge in [-0.25, -0.2) is 0 Å². The first-order valence-electron chi connectivity index (χ1n) is 7.07. The van der Waals surface area contributed by atoms with E-state index in [1.54, 1.807) is 6.20 Å². The molecule has 2 N–H and O–H groups in total. The molecule has 3 aromatic rings. The molecule has 22 heavy (non-hydrogen) atoms. The maximum absolute atomic E-state index is 12.2. The molecular formula is C17H16ClN3O. The van der Waals surface area contributed by atoms with Gasteiger partial charge >= 0.3 is 0 Å². The van der Waals surface area contributed by atoms with Gasteiger partial charge in [0.2, 0.25) is 5.91 Å². The molecule has 0 unspecified atom stereocenters. The zero-order valence-electron chi connectivity index (χ0n) is 12.2. The van der Waals surface area contributed by atoms with E-state index < -0.39 is 0 Å². The Morgan fingerprint density at radius 1 is 1.32 bits per heavy atom. The number of pyridine rings is 1. The second kappa shape index (κ2) is 6.20. The molecule has 3 rings (SSSR count). The zero-order valence-corrected chi connectivity index (χ0v) is 12.9. The van der Waals surface area contributed by atoms with Crippen molar-refractivity contribution in [2.24, 2.45) is 0 Å². The highest BCUT2D eigenvalue weighted by molar-refractivity contribution is 6.31. The lowest BCUT2D eigenvalue weighted by Crippen LogP contribution is -2.25. The summed E-state index contributed by atoms with van der Waals surface area (Å²) in [6.07, 6.45) is 2.03. The van der Waals surface area contributed by atoms with Crippen molar-refractivity contribution in [3.63, 3.8) is 0 Å². The van der Waals surface area contributed by atoms with Crippen molar-refractivity contribution in [2.45, 2.75) is 19.9 Å². The van der Waals surface area contributed by atoms with Crippen LogP contribution in [0.2, 0.25) is 5.02 Å². The summed E-state index contributed by atoms with van der Waals surface area (Å²) in [4.78, 5) is 19.6. The van der Waals surface area contributed by atoms with Gasteiger partial charge in [0.15, 0.2) is 0 Å². The minimum absolute atomic E-state index is 0.0328. The quantitative estimate of drug-likeness (QED) is 0.775. The number of rotatable bonds is 4. The summed E-state index contributed by atoms with van der Waals surface area (Å²) in [5, 5.41) is 4.56. The van der Waals surface area contributed by atoms with E-state index in [-0.39, 0.29) is 5.91 Å². The fourth-order valence-corrected chi connectivity index (χ4v) is 2.67. The van der Waals surface area contributed by atoms with E-state index in [0.717, 1.165) is 27.9 Å². The molecule has 0 bridgehead atoms. The number of carbonyl (C=O) groups excluding carboxylic acids is 1. The number of aryl methyl sites for hydroxylation is 1. The number of amides is 1. The third-order valence-corrected chi connectivity index (χ3v) is 3.85. The summed E-state index contributed by atoms with van der Waals surface area (Å²) in [5.41, 5.74) is 3.81. The molecule has 2 aromatic heterocycles. The van der Waals surface area contributed by atoms with Crippen molar-refractivity contribution in [3.05, 3.63) is 64.6 Å². The van der Waals surface area contributed by atoms with Crippen LogP contribution in [0.15, 0.2) is 42.6 Å². The Labute approximate surface area is 133 Å². The minimum atomic E-state index is -0.0328. The molecule has 2 heterocycles. The normalized spacial score (nSPS) is 10.8. The molecule has 112 valence electrons. The maximum Gasteiger partial charge on any atom is 0.224 e. The van der Waals surface area contributed by atoms with Crippen molar-refractivity contribution in [1.29, 1.82) is 0 Å². The molecule has 0 aliphatic heterocycles. The fraction of sp³-hybridized carbons (Fsp3) is 0.176. The van der Waals surface area contributed by atoms with Gasteiger partial charge in [0.25, 0.3) is 0 Å². The Balaban J connectivity index is 1.74. The van der Waals surface area contributed by atoms with Crippen LogP contribution < -0.4 is 5.32 Å². The number of aromatic nitrogens is 2. The lowest BCUT2D eigenvalue weighted by atomic mass is 10.1. The van der Waals surface area contributed by atoms with Crippen LogP contribution >= 0.6 is 11.6 Å². The SMILES string of the molecule is Cc1[nH]c2ccc(Cl)cc2c1CC(=O)NCc1ccccn1. The molecule has 0 spiro atoms. The van der Waals surface area contributed by atoms with Crippen LogP contribution in [0, 0.1) is 6.92 Å². The van der Waals surface area contributed by atoms with Crippen LogP contribution in [0.5, 0.6) is 0 Å². The molecule has 0 radical (unpaired) electrons. The summed E-state index contributed by atoms with van der Waals surface area (Å²) in [6, 6.07) is 11.3. The second-order valence-electron chi connectivity index (χ2n) is 5.19. The molecule has 0 saturated heterocycles. The summed E-state index contributed by atoms with van der Waals surface area (Å²) in [7, 11) is 0. The van der Waals surface area contributed by atoms with E-state index in [1.165, 1.54) is 0 Å². The molecule has 0 saturated carbocycles. The molecule has 0 aliphatic carbocycles. The number of nitrogens with one attached hydrogen (secondary N) is 2. The number of hydrogen-bond donors (Lipinski definition) is 2. The van der Waals surface area contributed by atoms with Crippen molar-refractivity contribution in [2.75, 3.05) is 0 Å². The average Bonchev–Trinajstić information content (AvgIpc) is 2.82. The Hall–Kier alpha value is -2.33. The van der Waals surface area contributed by atoms with E-state index >= 15 is 0 Å². The minimum Gasteiger partial charge on any atom is -0.358 e. The summed E-state index contributed by atoms with van der Waals surface area (Å²) in [5.74, 6) is -0.0328. The summed E-state index contributed by atoms with van der Waals surface area (Å²) < 4.78 is 0. The predicted molar refractivity (Wildman–Crippen MR) is 87.8 cm³/mol. The van der Waals surface area contributed by atoms with Crippen molar-refractivity contribution in [1.82, 2.24) is 15.3 Å². The number of carbonyl (C=O) groups is 1. The highest BCUT2D eigenvalue weighted by Gasteiger charge is 2.12. The summed E-state index contributed by atoms with van der Waals surface area (Å²) >= 11 is 6.05. The van der Waals surface area contributed by atoms with Crippen LogP contribution in [0.25, 0.3) is 10.9 Å². The topological polar surface area (TPSA) is 57.8 Å². The fourth-order valence-electron chi connectivity index (χ4n) is 2.50. The van der Waals surface area contributed by atoms with Gasteiger partial charge in [0.05, 0.1) is 18.7 Å². The first kappa shape index (κ1) is 14.6. The number of aromatic amines is 1. The van der Waals surface area contributed by atoms with Crippen LogP contribution in [0.1, 0.15) is 17.0 Å². The lowest BCUT2D eigenvalue weighted by Gasteiger charge is -2.05. The highest BCUT2D eigenvalue weighted by Crippen LogP contribution is 2.25. The van der Waals surface area contributed by atoms with E-state index in [2.05, 4.69) is 15.3 Å². The lowest BCUT2D eigenvalue weighted by molar-refractivity contribution is -0.120. The Bertz CT molecular complexity index is 811. The van der Waals surface area contributed by atoms with Gasteiger partial charge in [-0.15, -0.1) is 0 Å². The number of nitrogens with zero attached hydrogens (tertiary/aromatic N) is 1. The van der Waals surface area contributed by atoms with Crippen LogP contribution in [0.3, 0.4) is 0 Å². The molecule has 0 atom stereocenters. The van der Waals surface area contributed by atoms with E-state index in [1.807, 2.05) is 43.3 Å². The number of H-pyrrole nitrogens is 1. The number of hydrogen-bond acceptors (Lipinski definition) is 2. The molecule has 0 fully saturated rings. The van der Waals surface area contributed by atoms with E-state index in [9.17, 15) is 4.79 Å². The Kier molecular flexibility index (Phi) is 4.11. The van der Waals surface area contributed by atoms with Crippen molar-refractivity contribution < 1.29 is 4.79 Å². The molecule has 1 aromatic carbocycles. The maximum atomic E-state index is 12.2. The van der Waals surface area contributed by atoms with Gasteiger partial charge in [-0.1, -0.05) is 17.7 Å². The van der Waals surface area contributed by atoms with E-state index in [0.29, 0.717) is 18.0 Å². The van der Waals surface area contributed by atoms with Gasteiger partial charge in [-0.2, -0.15) is 0 Å². The molecular weight excluding hydrogens is 298 g/mol. The van der Waals surface area contributed by atoms with Crippen molar-refractivity contribution >= 4 is 28.4 Å². The number of benzene rings is 1. The highest BCUT2D eigenvalue weighted by atomic mass is 35.5. The molecule has 4 nitrogen and oxygen atoms in total. The zero-order chi connectivity index (χ0) is 15.5. The number of fused-ring (bicyclic) bond motifs is 1. The molecule has 0 aliphatic rings. The van der Waals surface area contributed by atoms with Gasteiger partial charge < -0.3 is 10.3 Å². The first-order chi connectivity index (χ1) is 10.6. The number of halogens is 1. The molecule has 1 amide bonds. The second-order valence-corrected chi connectivity index (χ2v) is 5.63. The molecule has 5 heteroatoms. The van der Waals surface area contributed by atoms with Gasteiger partial charge in [-0.05, 0) is 42.8 Å². The van der Waals surface area contributed by atoms with Gasteiger partial charge in [-0.3, -0.25) is 9.78 Å². The van der Waals surface area contributed by atoms with Crippen LogP contribution in [-0.4, -0.2) is 15.9 Å². The third kappa shape index (κ3) is 3.12. The summed E-state index contributed by atoms with van der Waals surface area (Å²) in [6.45, 7) is 2.40. The Morgan fingerprint density at radius 3 is 2.95 bits per heavy atom. The van der Waals surface area contributed by atoms with Gasteiger partial charge in [0.1, 0.15) is 0 Å². The van der Waals surface area contributed by atoms with Crippen molar-refractivity contribution in [3.8, 4) is 0 Å². The largest absolute Gasteiger partial charge is 0.358 e. The monoisotopic (exact) mass is 313 g/mol.